The molecule has 0 aliphatic rings. The summed E-state index contributed by atoms with van der Waals surface area (Å²) in [7, 11) is -6.46. The van der Waals surface area contributed by atoms with Crippen LogP contribution in [0.1, 0.15) is 54.5 Å². The molecule has 0 saturated carbocycles. The molecule has 0 aliphatic carbocycles. The van der Waals surface area contributed by atoms with Crippen LogP contribution in [0.2, 0.25) is 0 Å². The van der Waals surface area contributed by atoms with Crippen LogP contribution in [0.5, 0.6) is 0 Å². The summed E-state index contributed by atoms with van der Waals surface area (Å²) in [5.41, 5.74) is 1.14. The monoisotopic (exact) mass is 784 g/mol. The van der Waals surface area contributed by atoms with E-state index >= 15 is 0 Å². The number of nitrogens with zero attached hydrogens (tertiary/aromatic N) is 2. The number of halogens is 2. The third kappa shape index (κ3) is 10.6. The molecule has 0 unspecified atom stereocenters. The van der Waals surface area contributed by atoms with Gasteiger partial charge in [0.05, 0.1) is 40.4 Å². The van der Waals surface area contributed by atoms with Gasteiger partial charge in [0, 0.05) is 22.3 Å². The molecule has 12 nitrogen and oxygen atoms in total. The largest absolute Gasteiger partial charge is 0.478 e. The highest BCUT2D eigenvalue weighted by Gasteiger charge is 2.23. The van der Waals surface area contributed by atoms with Gasteiger partial charge in [-0.05, 0) is 84.9 Å². The number of oxazole rings is 2. The lowest BCUT2D eigenvalue weighted by Crippen LogP contribution is -2.09. The molecule has 2 aromatic heterocycles. The van der Waals surface area contributed by atoms with E-state index in [0.717, 1.165) is 12.8 Å². The molecule has 0 radical (unpaired) electrons. The topological polar surface area (TPSA) is 184 Å². The number of ether oxygens (including phenoxy) is 1. The van der Waals surface area contributed by atoms with Gasteiger partial charge in [0.25, 0.3) is 0 Å². The first-order valence-electron chi connectivity index (χ1n) is 15.6. The predicted molar refractivity (Wildman–Crippen MR) is 191 cm³/mol. The zero-order chi connectivity index (χ0) is 39.6. The lowest BCUT2D eigenvalue weighted by molar-refractivity contribution is 0.0599. The first-order chi connectivity index (χ1) is 26.2. The highest BCUT2D eigenvalue weighted by Crippen LogP contribution is 2.24. The summed E-state index contributed by atoms with van der Waals surface area (Å²) in [6.07, 6.45) is 4.85. The molecule has 0 saturated heterocycles. The summed E-state index contributed by atoms with van der Waals surface area (Å²) in [4.78, 5) is 30.2. The first kappa shape index (κ1) is 39.3. The fourth-order valence-corrected chi connectivity index (χ4v) is 7.46. The molecule has 16 heteroatoms. The molecule has 55 heavy (non-hydrogen) atoms. The van der Waals surface area contributed by atoms with Crippen molar-refractivity contribution in [3.05, 3.63) is 167 Å². The van der Waals surface area contributed by atoms with E-state index < -0.39 is 54.8 Å². The fourth-order valence-electron chi connectivity index (χ4n) is 4.68. The number of aromatic nitrogens is 2. The molecule has 1 N–H and O–H groups in total. The maximum atomic E-state index is 13.0. The number of carboxylic acids is 1. The van der Waals surface area contributed by atoms with Crippen LogP contribution in [0.15, 0.2) is 129 Å². The van der Waals surface area contributed by atoms with Crippen molar-refractivity contribution in [2.45, 2.75) is 21.3 Å². The van der Waals surface area contributed by atoms with Gasteiger partial charge in [-0.15, -0.1) is 0 Å². The number of esters is 1. The number of hydrogen-bond acceptors (Lipinski definition) is 11. The number of carboxylic acid groups (broad SMARTS) is 1. The number of carbonyl (C=O) groups is 2. The minimum atomic E-state index is -3.86. The van der Waals surface area contributed by atoms with E-state index in [1.807, 2.05) is 0 Å². The Morgan fingerprint density at radius 2 is 1.07 bits per heavy atom. The molecule has 0 amide bonds. The maximum absolute atomic E-state index is 13.0. The molecular formula is C39H26F2N2O10S2. The molecular weight excluding hydrogens is 759 g/mol. The summed E-state index contributed by atoms with van der Waals surface area (Å²) in [5, 5.41) is 9.16. The number of aromatic carboxylic acids is 1. The van der Waals surface area contributed by atoms with Gasteiger partial charge in [0.15, 0.2) is 32.5 Å². The van der Waals surface area contributed by atoms with Gasteiger partial charge >= 0.3 is 11.9 Å². The van der Waals surface area contributed by atoms with Crippen LogP contribution in [0, 0.1) is 35.3 Å². The zero-order valence-corrected chi connectivity index (χ0v) is 30.0. The summed E-state index contributed by atoms with van der Waals surface area (Å²) < 4.78 is 91.7. The Bertz CT molecular complexity index is 2680. The number of benzene rings is 4. The minimum Gasteiger partial charge on any atom is -0.478 e. The molecule has 6 aromatic rings. The van der Waals surface area contributed by atoms with Gasteiger partial charge in [0.2, 0.25) is 0 Å². The molecule has 2 heterocycles. The second kappa shape index (κ2) is 17.3. The second-order valence-electron chi connectivity index (χ2n) is 11.2. The third-order valence-electron chi connectivity index (χ3n) is 7.30. The van der Waals surface area contributed by atoms with Gasteiger partial charge in [0.1, 0.15) is 34.7 Å². The molecule has 4 aromatic carbocycles. The van der Waals surface area contributed by atoms with E-state index in [0.29, 0.717) is 11.1 Å². The predicted octanol–water partition coefficient (Wildman–Crippen LogP) is 5.86. The van der Waals surface area contributed by atoms with Crippen molar-refractivity contribution in [3.8, 4) is 23.7 Å². The Morgan fingerprint density at radius 3 is 1.45 bits per heavy atom. The van der Waals surface area contributed by atoms with Gasteiger partial charge in [-0.25, -0.2) is 45.2 Å². The van der Waals surface area contributed by atoms with Crippen LogP contribution in [-0.4, -0.2) is 51.0 Å². The van der Waals surface area contributed by atoms with E-state index in [9.17, 15) is 35.2 Å². The van der Waals surface area contributed by atoms with E-state index in [-0.39, 0.29) is 43.6 Å². The van der Waals surface area contributed by atoms with Gasteiger partial charge in [-0.1, -0.05) is 23.7 Å². The summed E-state index contributed by atoms with van der Waals surface area (Å²) in [6.45, 7) is 0. The highest BCUT2D eigenvalue weighted by atomic mass is 32.2. The Kier molecular flexibility index (Phi) is 12.4. The smallest absolute Gasteiger partial charge is 0.337 e. The molecule has 0 aliphatic heterocycles. The van der Waals surface area contributed by atoms with Crippen LogP contribution >= 0.6 is 0 Å². The SMILES string of the molecule is COC(=O)c1ccc(S(=O)(=O)Cc2cnco2)c(C#Cc2ccc(F)cc2)c1.O=C(O)c1ccc(S(=O)(=O)Cc2cnco2)c(C#Cc2ccc(F)cc2)c1. The van der Waals surface area contributed by atoms with E-state index in [4.69, 9.17) is 13.9 Å². The normalized spacial score (nSPS) is 10.8. The second-order valence-corrected chi connectivity index (χ2v) is 15.1. The van der Waals surface area contributed by atoms with Crippen molar-refractivity contribution in [2.75, 3.05) is 7.11 Å². The van der Waals surface area contributed by atoms with Crippen molar-refractivity contribution in [3.63, 3.8) is 0 Å². The minimum absolute atomic E-state index is 0.0266. The van der Waals surface area contributed by atoms with Crippen molar-refractivity contribution >= 4 is 31.6 Å². The van der Waals surface area contributed by atoms with Gasteiger partial charge < -0.3 is 18.7 Å². The van der Waals surface area contributed by atoms with Crippen molar-refractivity contribution < 1.29 is 53.9 Å². The van der Waals surface area contributed by atoms with Crippen LogP contribution in [0.25, 0.3) is 0 Å². The van der Waals surface area contributed by atoms with Gasteiger partial charge in [-0.2, -0.15) is 0 Å². The average Bonchev–Trinajstić information content (AvgIpc) is 3.88. The van der Waals surface area contributed by atoms with Crippen molar-refractivity contribution in [1.82, 2.24) is 9.97 Å². The van der Waals surface area contributed by atoms with Crippen LogP contribution < -0.4 is 0 Å². The zero-order valence-electron chi connectivity index (χ0n) is 28.4. The molecule has 6 rings (SSSR count). The lowest BCUT2D eigenvalue weighted by Gasteiger charge is -2.07. The Hall–Kier alpha value is -6.88. The van der Waals surface area contributed by atoms with Crippen LogP contribution in [-0.2, 0) is 35.9 Å². The van der Waals surface area contributed by atoms with Crippen LogP contribution in [0.4, 0.5) is 8.78 Å². The molecule has 278 valence electrons. The number of sulfone groups is 2. The van der Waals surface area contributed by atoms with Crippen molar-refractivity contribution in [1.29, 1.82) is 0 Å². The number of hydrogen-bond donors (Lipinski definition) is 1. The molecule has 0 fully saturated rings. The van der Waals surface area contributed by atoms with E-state index in [2.05, 4.69) is 38.4 Å². The fraction of sp³-hybridized carbons (Fsp3) is 0.0769. The number of methoxy groups -OCH3 is 1. The van der Waals surface area contributed by atoms with E-state index in [1.165, 1.54) is 104 Å². The Morgan fingerprint density at radius 1 is 0.655 bits per heavy atom. The maximum Gasteiger partial charge on any atom is 0.337 e. The lowest BCUT2D eigenvalue weighted by atomic mass is 10.1. The quantitative estimate of drug-likeness (QED) is 0.144. The third-order valence-corrected chi connectivity index (χ3v) is 10.7. The summed E-state index contributed by atoms with van der Waals surface area (Å²) in [5.74, 6) is 7.72. The van der Waals surface area contributed by atoms with Crippen molar-refractivity contribution in [2.24, 2.45) is 0 Å². The summed E-state index contributed by atoms with van der Waals surface area (Å²) >= 11 is 0. The molecule has 0 atom stereocenters. The van der Waals surface area contributed by atoms with Crippen LogP contribution in [0.3, 0.4) is 0 Å². The Labute approximate surface area is 313 Å². The first-order valence-corrected chi connectivity index (χ1v) is 18.9. The highest BCUT2D eigenvalue weighted by molar-refractivity contribution is 7.91. The summed E-state index contributed by atoms with van der Waals surface area (Å²) in [6, 6.07) is 18.3. The number of rotatable bonds is 8. The van der Waals surface area contributed by atoms with Gasteiger partial charge in [-0.3, -0.25) is 0 Å². The number of carbonyl (C=O) groups excluding carboxylic acids is 1. The standard InChI is InChI=1S/C20H14FNO5S.C19H12FNO5S/c1-26-20(23)16-6-9-19(28(24,25)12-18-11-22-13-27-18)15(10-16)5-2-14-3-7-17(21)8-4-14;20-16-6-2-13(3-7-16)1-4-14-9-15(19(22)23)5-8-18(14)27(24,25)11-17-10-21-12-26-17/h3-4,6-11,13H,12H2,1H3;2-3,5-10,12H,11H2,(H,22,23). The van der Waals surface area contributed by atoms with E-state index in [1.54, 1.807) is 0 Å². The Balaban J connectivity index is 0.000000211. The molecule has 0 bridgehead atoms. The molecule has 0 spiro atoms. The average molecular weight is 785 g/mol.